The Labute approximate surface area is 67.9 Å². The SMILES string of the molecule is FC1=NCC(F)C2C=C1NC=N2. The van der Waals surface area contributed by atoms with Crippen LogP contribution in [0.1, 0.15) is 0 Å². The number of allylic oxidation sites excluding steroid dienone is 1. The first kappa shape index (κ1) is 7.39. The molecule has 1 N–H and O–H groups in total. The van der Waals surface area contributed by atoms with Gasteiger partial charge in [0.05, 0.1) is 18.6 Å². The van der Waals surface area contributed by atoms with Crippen molar-refractivity contribution < 1.29 is 8.78 Å². The van der Waals surface area contributed by atoms with Gasteiger partial charge in [0, 0.05) is 0 Å². The summed E-state index contributed by atoms with van der Waals surface area (Å²) in [6.45, 7) is -0.157. The van der Waals surface area contributed by atoms with Gasteiger partial charge in [0.2, 0.25) is 5.97 Å². The van der Waals surface area contributed by atoms with E-state index in [1.54, 1.807) is 0 Å². The van der Waals surface area contributed by atoms with E-state index in [4.69, 9.17) is 0 Å². The first-order chi connectivity index (χ1) is 5.77. The van der Waals surface area contributed by atoms with Crippen LogP contribution in [0.2, 0.25) is 0 Å². The predicted octanol–water partition coefficient (Wildman–Crippen LogP) is 0.590. The van der Waals surface area contributed by atoms with Crippen LogP contribution in [0.3, 0.4) is 0 Å². The molecule has 0 aliphatic carbocycles. The van der Waals surface area contributed by atoms with Crippen LogP contribution in [0, 0.1) is 0 Å². The third-order valence-corrected chi connectivity index (χ3v) is 1.80. The van der Waals surface area contributed by atoms with Crippen molar-refractivity contribution in [1.29, 1.82) is 0 Å². The van der Waals surface area contributed by atoms with Crippen molar-refractivity contribution in [3.63, 3.8) is 0 Å². The number of nitrogens with zero attached hydrogens (tertiary/aromatic N) is 2. The van der Waals surface area contributed by atoms with Crippen LogP contribution < -0.4 is 5.32 Å². The Hall–Kier alpha value is -1.26. The molecule has 5 heteroatoms. The van der Waals surface area contributed by atoms with Crippen molar-refractivity contribution in [3.8, 4) is 0 Å². The number of hydrogen-bond donors (Lipinski definition) is 1. The van der Waals surface area contributed by atoms with Crippen LogP contribution in [0.15, 0.2) is 21.8 Å². The molecule has 0 aromatic rings. The van der Waals surface area contributed by atoms with Gasteiger partial charge in [-0.15, -0.1) is 0 Å². The zero-order valence-electron chi connectivity index (χ0n) is 6.17. The lowest BCUT2D eigenvalue weighted by Crippen LogP contribution is -2.27. The summed E-state index contributed by atoms with van der Waals surface area (Å²) < 4.78 is 25.9. The molecule has 0 aromatic heterocycles. The van der Waals surface area contributed by atoms with E-state index in [-0.39, 0.29) is 12.2 Å². The summed E-state index contributed by atoms with van der Waals surface area (Å²) in [5.41, 5.74) is 0.218. The third kappa shape index (κ3) is 1.11. The van der Waals surface area contributed by atoms with E-state index < -0.39 is 18.2 Å². The Morgan fingerprint density at radius 3 is 3.25 bits per heavy atom. The fraction of sp³-hybridized carbons (Fsp3) is 0.429. The van der Waals surface area contributed by atoms with Crippen LogP contribution >= 0.6 is 0 Å². The molecule has 64 valence electrons. The molecule has 0 fully saturated rings. The molecule has 0 aromatic carbocycles. The van der Waals surface area contributed by atoms with Crippen LogP contribution in [-0.2, 0) is 0 Å². The second-order valence-electron chi connectivity index (χ2n) is 2.64. The summed E-state index contributed by atoms with van der Waals surface area (Å²) in [4.78, 5) is 7.21. The molecular weight excluding hydrogens is 164 g/mol. The molecular formula is C7H7F2N3. The summed E-state index contributed by atoms with van der Waals surface area (Å²) in [5, 5.41) is 2.56. The molecule has 2 rings (SSSR count). The fourth-order valence-electron chi connectivity index (χ4n) is 1.14. The first-order valence-corrected chi connectivity index (χ1v) is 3.62. The fourth-order valence-corrected chi connectivity index (χ4v) is 1.14. The van der Waals surface area contributed by atoms with E-state index in [0.717, 1.165) is 0 Å². The molecule has 2 unspecified atom stereocenters. The summed E-state index contributed by atoms with van der Waals surface area (Å²) in [6, 6.07) is -0.585. The second kappa shape index (κ2) is 2.66. The van der Waals surface area contributed by atoms with Gasteiger partial charge in [0.25, 0.3) is 0 Å². The zero-order valence-corrected chi connectivity index (χ0v) is 6.17. The maximum Gasteiger partial charge on any atom is 0.231 e. The van der Waals surface area contributed by atoms with E-state index in [1.165, 1.54) is 12.4 Å². The van der Waals surface area contributed by atoms with Gasteiger partial charge in [-0.2, -0.15) is 4.39 Å². The minimum absolute atomic E-state index is 0.157. The number of alkyl halides is 1. The normalized spacial score (nSPS) is 33.2. The standard InChI is InChI=1S/C7H7F2N3/c8-4-2-10-7(9)6-1-5(4)11-3-12-6/h1,3-5H,2H2,(H,11,12). The average molecular weight is 171 g/mol. The molecule has 0 amide bonds. The molecule has 0 saturated carbocycles. The van der Waals surface area contributed by atoms with Crippen LogP contribution in [0.5, 0.6) is 0 Å². The van der Waals surface area contributed by atoms with Crippen LogP contribution in [0.4, 0.5) is 8.78 Å². The van der Waals surface area contributed by atoms with Crippen molar-refractivity contribution in [1.82, 2.24) is 5.32 Å². The molecule has 0 radical (unpaired) electrons. The quantitative estimate of drug-likeness (QED) is 0.569. The van der Waals surface area contributed by atoms with Crippen LogP contribution in [-0.4, -0.2) is 31.1 Å². The number of aliphatic imine (C=N–C) groups is 2. The predicted molar refractivity (Wildman–Crippen MR) is 41.8 cm³/mol. The van der Waals surface area contributed by atoms with E-state index in [9.17, 15) is 8.78 Å². The van der Waals surface area contributed by atoms with E-state index in [1.807, 2.05) is 0 Å². The van der Waals surface area contributed by atoms with E-state index in [0.29, 0.717) is 0 Å². The summed E-state index contributed by atoms with van der Waals surface area (Å²) in [5.74, 6) is -0.647. The van der Waals surface area contributed by atoms with Gasteiger partial charge >= 0.3 is 0 Å². The molecule has 2 aliphatic rings. The van der Waals surface area contributed by atoms with Crippen molar-refractivity contribution in [2.45, 2.75) is 12.2 Å². The van der Waals surface area contributed by atoms with Gasteiger partial charge in [-0.25, -0.2) is 4.39 Å². The van der Waals surface area contributed by atoms with Gasteiger partial charge in [-0.3, -0.25) is 9.98 Å². The minimum atomic E-state index is -1.22. The Morgan fingerprint density at radius 2 is 2.42 bits per heavy atom. The monoisotopic (exact) mass is 171 g/mol. The molecule has 0 spiro atoms. The second-order valence-corrected chi connectivity index (χ2v) is 2.64. The number of fused-ring (bicyclic) bond motifs is 1. The highest BCUT2D eigenvalue weighted by atomic mass is 19.1. The molecule has 2 aliphatic heterocycles. The molecule has 12 heavy (non-hydrogen) atoms. The van der Waals surface area contributed by atoms with Gasteiger partial charge in [-0.05, 0) is 6.08 Å². The number of nitrogens with one attached hydrogen (secondary N) is 1. The Balaban J connectivity index is 2.33. The zero-order chi connectivity index (χ0) is 8.55. The number of hydrogen-bond acceptors (Lipinski definition) is 3. The highest BCUT2D eigenvalue weighted by molar-refractivity contribution is 5.95. The first-order valence-electron chi connectivity index (χ1n) is 3.62. The molecule has 2 atom stereocenters. The topological polar surface area (TPSA) is 36.8 Å². The summed E-state index contributed by atoms with van der Waals surface area (Å²) in [6.07, 6.45) is 1.50. The highest BCUT2D eigenvalue weighted by Crippen LogP contribution is 2.15. The molecule has 0 saturated heterocycles. The third-order valence-electron chi connectivity index (χ3n) is 1.80. The number of rotatable bonds is 0. The molecule has 3 nitrogen and oxygen atoms in total. The molecule has 2 bridgehead atoms. The van der Waals surface area contributed by atoms with Gasteiger partial charge in [-0.1, -0.05) is 0 Å². The Kier molecular flexibility index (Phi) is 1.64. The van der Waals surface area contributed by atoms with E-state index >= 15 is 0 Å². The maximum atomic E-state index is 13.0. The lowest BCUT2D eigenvalue weighted by molar-refractivity contribution is 0.318. The van der Waals surface area contributed by atoms with Crippen molar-refractivity contribution in [3.05, 3.63) is 11.8 Å². The number of halogens is 2. The smallest absolute Gasteiger partial charge is 0.231 e. The van der Waals surface area contributed by atoms with Gasteiger partial charge in [0.1, 0.15) is 12.2 Å². The average Bonchev–Trinajstić information content (AvgIpc) is 2.20. The Morgan fingerprint density at radius 1 is 1.58 bits per heavy atom. The largest absolute Gasteiger partial charge is 0.343 e. The summed E-state index contributed by atoms with van der Waals surface area (Å²) in [7, 11) is 0. The lowest BCUT2D eigenvalue weighted by Gasteiger charge is -2.13. The maximum absolute atomic E-state index is 13.0. The van der Waals surface area contributed by atoms with Crippen molar-refractivity contribution in [2.24, 2.45) is 9.98 Å². The van der Waals surface area contributed by atoms with Gasteiger partial charge in [0.15, 0.2) is 0 Å². The minimum Gasteiger partial charge on any atom is -0.343 e. The van der Waals surface area contributed by atoms with Crippen LogP contribution in [0.25, 0.3) is 0 Å². The van der Waals surface area contributed by atoms with E-state index in [2.05, 4.69) is 15.3 Å². The lowest BCUT2D eigenvalue weighted by atomic mass is 10.1. The van der Waals surface area contributed by atoms with Gasteiger partial charge < -0.3 is 5.32 Å². The Bertz CT molecular complexity index is 282. The molecule has 2 heterocycles. The van der Waals surface area contributed by atoms with Crippen molar-refractivity contribution in [2.75, 3.05) is 6.54 Å². The van der Waals surface area contributed by atoms with Crippen molar-refractivity contribution >= 4 is 12.3 Å². The summed E-state index contributed by atoms with van der Waals surface area (Å²) >= 11 is 0. The highest BCUT2D eigenvalue weighted by Gasteiger charge is 2.25.